The first-order valence-electron chi connectivity index (χ1n) is 6.72. The summed E-state index contributed by atoms with van der Waals surface area (Å²) in [5, 5.41) is 8.37. The number of aliphatic carboxylic acids is 1. The number of rotatable bonds is 4. The Hall–Kier alpha value is -0.660. The van der Waals surface area contributed by atoms with Crippen LogP contribution in [0.25, 0.3) is 0 Å². The van der Waals surface area contributed by atoms with Gasteiger partial charge in [0.2, 0.25) is 10.0 Å². The molecule has 0 aromatic carbocycles. The standard InChI is InChI=1S/C12H21NO5S/c1-13(9-5-7-18-8-6-9)19(16,17)11-4-2-3-10(11)12(14)15/h9-11H,2-8H2,1H3,(H,14,15). The summed E-state index contributed by atoms with van der Waals surface area (Å²) in [7, 11) is -1.96. The predicted octanol–water partition coefficient (Wildman–Crippen LogP) is 0.680. The molecule has 0 amide bonds. The van der Waals surface area contributed by atoms with Gasteiger partial charge in [0, 0.05) is 26.3 Å². The van der Waals surface area contributed by atoms with E-state index in [0.29, 0.717) is 45.3 Å². The van der Waals surface area contributed by atoms with Crippen LogP contribution in [0.5, 0.6) is 0 Å². The van der Waals surface area contributed by atoms with Crippen LogP contribution in [0.4, 0.5) is 0 Å². The van der Waals surface area contributed by atoms with Crippen LogP contribution in [0, 0.1) is 5.92 Å². The molecule has 0 aromatic rings. The highest BCUT2D eigenvalue weighted by molar-refractivity contribution is 7.89. The normalized spacial score (nSPS) is 29.8. The highest BCUT2D eigenvalue weighted by atomic mass is 32.2. The summed E-state index contributed by atoms with van der Waals surface area (Å²) >= 11 is 0. The minimum absolute atomic E-state index is 0.0613. The second-order valence-electron chi connectivity index (χ2n) is 5.32. The van der Waals surface area contributed by atoms with Crippen molar-refractivity contribution in [2.75, 3.05) is 20.3 Å². The summed E-state index contributed by atoms with van der Waals surface area (Å²) in [6, 6.07) is -0.0613. The zero-order valence-corrected chi connectivity index (χ0v) is 11.9. The molecular formula is C12H21NO5S. The fourth-order valence-corrected chi connectivity index (χ4v) is 5.22. The minimum atomic E-state index is -3.54. The van der Waals surface area contributed by atoms with Crippen LogP contribution in [0.2, 0.25) is 0 Å². The Balaban J connectivity index is 2.14. The van der Waals surface area contributed by atoms with Crippen molar-refractivity contribution >= 4 is 16.0 Å². The second-order valence-corrected chi connectivity index (χ2v) is 7.53. The van der Waals surface area contributed by atoms with Crippen molar-refractivity contribution < 1.29 is 23.1 Å². The van der Waals surface area contributed by atoms with Crippen LogP contribution >= 0.6 is 0 Å². The second kappa shape index (κ2) is 5.76. The maximum atomic E-state index is 12.6. The van der Waals surface area contributed by atoms with Crippen molar-refractivity contribution in [2.45, 2.75) is 43.4 Å². The fourth-order valence-electron chi connectivity index (χ4n) is 3.04. The van der Waals surface area contributed by atoms with Gasteiger partial charge in [-0.25, -0.2) is 12.7 Å². The molecule has 2 fully saturated rings. The number of hydrogen-bond donors (Lipinski definition) is 1. The van der Waals surface area contributed by atoms with E-state index in [-0.39, 0.29) is 6.04 Å². The van der Waals surface area contributed by atoms with E-state index in [1.54, 1.807) is 7.05 Å². The zero-order valence-electron chi connectivity index (χ0n) is 11.1. The van der Waals surface area contributed by atoms with E-state index in [4.69, 9.17) is 9.84 Å². The average molecular weight is 291 g/mol. The number of carbonyl (C=O) groups is 1. The highest BCUT2D eigenvalue weighted by Gasteiger charge is 2.44. The molecule has 110 valence electrons. The van der Waals surface area contributed by atoms with Gasteiger partial charge >= 0.3 is 5.97 Å². The number of ether oxygens (including phenoxy) is 1. The molecule has 0 radical (unpaired) electrons. The first-order chi connectivity index (χ1) is 8.94. The Kier molecular flexibility index (Phi) is 4.47. The van der Waals surface area contributed by atoms with Gasteiger partial charge in [0.25, 0.3) is 0 Å². The molecule has 0 bridgehead atoms. The van der Waals surface area contributed by atoms with E-state index in [9.17, 15) is 13.2 Å². The molecule has 1 saturated carbocycles. The number of sulfonamides is 1. The smallest absolute Gasteiger partial charge is 0.307 e. The Labute approximate surface area is 113 Å². The van der Waals surface area contributed by atoms with Crippen molar-refractivity contribution in [3.8, 4) is 0 Å². The molecule has 2 rings (SSSR count). The third-order valence-corrected chi connectivity index (χ3v) is 6.69. The van der Waals surface area contributed by atoms with Crippen molar-refractivity contribution in [2.24, 2.45) is 5.92 Å². The average Bonchev–Trinajstić information content (AvgIpc) is 2.89. The quantitative estimate of drug-likeness (QED) is 0.823. The van der Waals surface area contributed by atoms with Crippen LogP contribution in [0.1, 0.15) is 32.1 Å². The van der Waals surface area contributed by atoms with E-state index in [0.717, 1.165) is 0 Å². The lowest BCUT2D eigenvalue weighted by Gasteiger charge is -2.33. The van der Waals surface area contributed by atoms with Gasteiger partial charge in [0.05, 0.1) is 11.2 Å². The van der Waals surface area contributed by atoms with Gasteiger partial charge in [-0.3, -0.25) is 4.79 Å². The summed E-state index contributed by atoms with van der Waals surface area (Å²) in [6.45, 7) is 1.13. The maximum absolute atomic E-state index is 12.6. The molecule has 2 aliphatic rings. The first-order valence-corrected chi connectivity index (χ1v) is 8.22. The predicted molar refractivity (Wildman–Crippen MR) is 69.3 cm³/mol. The van der Waals surface area contributed by atoms with E-state index >= 15 is 0 Å². The molecule has 1 aliphatic heterocycles. The van der Waals surface area contributed by atoms with Crippen LogP contribution in [-0.4, -0.2) is 55.4 Å². The molecule has 2 unspecified atom stereocenters. The van der Waals surface area contributed by atoms with Crippen LogP contribution < -0.4 is 0 Å². The summed E-state index contributed by atoms with van der Waals surface area (Å²) in [6.07, 6.45) is 2.94. The van der Waals surface area contributed by atoms with Gasteiger partial charge in [0.15, 0.2) is 0 Å². The largest absolute Gasteiger partial charge is 0.481 e. The highest BCUT2D eigenvalue weighted by Crippen LogP contribution is 2.34. The summed E-state index contributed by atoms with van der Waals surface area (Å²) in [5.74, 6) is -1.75. The fraction of sp³-hybridized carbons (Fsp3) is 0.917. The van der Waals surface area contributed by atoms with Gasteiger partial charge in [0.1, 0.15) is 0 Å². The molecule has 2 atom stereocenters. The van der Waals surface area contributed by atoms with Crippen LogP contribution in [0.15, 0.2) is 0 Å². The molecular weight excluding hydrogens is 270 g/mol. The number of hydrogen-bond acceptors (Lipinski definition) is 4. The third kappa shape index (κ3) is 2.93. The van der Waals surface area contributed by atoms with Gasteiger partial charge < -0.3 is 9.84 Å². The molecule has 19 heavy (non-hydrogen) atoms. The van der Waals surface area contributed by atoms with Gasteiger partial charge in [-0.2, -0.15) is 0 Å². The molecule has 1 saturated heterocycles. The lowest BCUT2D eigenvalue weighted by molar-refractivity contribution is -0.141. The molecule has 7 heteroatoms. The van der Waals surface area contributed by atoms with Crippen molar-refractivity contribution in [3.05, 3.63) is 0 Å². The van der Waals surface area contributed by atoms with Gasteiger partial charge in [-0.1, -0.05) is 6.42 Å². The number of carboxylic acid groups (broad SMARTS) is 1. The minimum Gasteiger partial charge on any atom is -0.481 e. The van der Waals surface area contributed by atoms with Gasteiger partial charge in [-0.15, -0.1) is 0 Å². The molecule has 6 nitrogen and oxygen atoms in total. The van der Waals surface area contributed by atoms with Gasteiger partial charge in [-0.05, 0) is 25.7 Å². The molecule has 1 N–H and O–H groups in total. The Bertz CT molecular complexity index is 429. The van der Waals surface area contributed by atoms with E-state index in [2.05, 4.69) is 0 Å². The van der Waals surface area contributed by atoms with Crippen molar-refractivity contribution in [3.63, 3.8) is 0 Å². The number of nitrogens with zero attached hydrogens (tertiary/aromatic N) is 1. The number of carboxylic acids is 1. The molecule has 0 spiro atoms. The zero-order chi connectivity index (χ0) is 14.0. The van der Waals surface area contributed by atoms with Crippen molar-refractivity contribution in [1.82, 2.24) is 4.31 Å². The third-order valence-electron chi connectivity index (χ3n) is 4.26. The molecule has 1 aliphatic carbocycles. The van der Waals surface area contributed by atoms with Crippen LogP contribution in [0.3, 0.4) is 0 Å². The summed E-state index contributed by atoms with van der Waals surface area (Å²) in [5.41, 5.74) is 0. The summed E-state index contributed by atoms with van der Waals surface area (Å²) < 4.78 is 31.8. The molecule has 1 heterocycles. The van der Waals surface area contributed by atoms with Crippen LogP contribution in [-0.2, 0) is 19.6 Å². The lowest BCUT2D eigenvalue weighted by atomic mass is 10.1. The monoisotopic (exact) mass is 291 g/mol. The SMILES string of the molecule is CN(C1CCOCC1)S(=O)(=O)C1CCCC1C(=O)O. The van der Waals surface area contributed by atoms with E-state index < -0.39 is 27.2 Å². The van der Waals surface area contributed by atoms with E-state index in [1.807, 2.05) is 0 Å². The Morgan fingerprint density at radius 2 is 1.84 bits per heavy atom. The maximum Gasteiger partial charge on any atom is 0.307 e. The lowest BCUT2D eigenvalue weighted by Crippen LogP contribution is -2.46. The molecule has 0 aromatic heterocycles. The van der Waals surface area contributed by atoms with Crippen molar-refractivity contribution in [1.29, 1.82) is 0 Å². The topological polar surface area (TPSA) is 83.9 Å². The Morgan fingerprint density at radius 3 is 2.42 bits per heavy atom. The summed E-state index contributed by atoms with van der Waals surface area (Å²) in [4.78, 5) is 11.2. The van der Waals surface area contributed by atoms with E-state index in [1.165, 1.54) is 4.31 Å². The Morgan fingerprint density at radius 1 is 1.21 bits per heavy atom. The first kappa shape index (κ1) is 14.7.